The SMILES string of the molecule is CCCC=C/C=C/[C@@H]1CC(=O)[C@@H](O)C(=O)C1CO. The first kappa shape index (κ1) is 14.8. The van der Waals surface area contributed by atoms with Gasteiger partial charge in [-0.25, -0.2) is 0 Å². The Morgan fingerprint density at radius 1 is 1.33 bits per heavy atom. The maximum absolute atomic E-state index is 11.6. The second-order valence-electron chi connectivity index (χ2n) is 4.53. The molecule has 0 aromatic carbocycles. The van der Waals surface area contributed by atoms with Gasteiger partial charge in [-0.1, -0.05) is 37.6 Å². The van der Waals surface area contributed by atoms with E-state index in [0.717, 1.165) is 12.8 Å². The van der Waals surface area contributed by atoms with Crippen molar-refractivity contribution >= 4 is 11.6 Å². The van der Waals surface area contributed by atoms with E-state index in [1.165, 1.54) is 0 Å². The third kappa shape index (κ3) is 3.62. The molecule has 1 aliphatic rings. The summed E-state index contributed by atoms with van der Waals surface area (Å²) in [6.07, 6.45) is 8.03. The molecule has 0 bridgehead atoms. The van der Waals surface area contributed by atoms with Crippen molar-refractivity contribution in [1.29, 1.82) is 0 Å². The molecule has 1 fully saturated rings. The highest BCUT2D eigenvalue weighted by molar-refractivity contribution is 6.08. The number of Topliss-reactive ketones (excluding diaryl/α,β-unsaturated/α-hetero) is 2. The highest BCUT2D eigenvalue weighted by Gasteiger charge is 2.40. The van der Waals surface area contributed by atoms with Crippen LogP contribution in [0, 0.1) is 11.8 Å². The molecular formula is C14H20O4. The average Bonchev–Trinajstić information content (AvgIpc) is 2.36. The second kappa shape index (κ2) is 7.24. The average molecular weight is 252 g/mol. The van der Waals surface area contributed by atoms with Crippen LogP contribution in [0.15, 0.2) is 24.3 Å². The van der Waals surface area contributed by atoms with Crippen molar-refractivity contribution in [3.63, 3.8) is 0 Å². The van der Waals surface area contributed by atoms with Crippen molar-refractivity contribution in [2.45, 2.75) is 32.3 Å². The minimum absolute atomic E-state index is 0.107. The smallest absolute Gasteiger partial charge is 0.174 e. The zero-order valence-corrected chi connectivity index (χ0v) is 10.6. The molecule has 0 saturated heterocycles. The molecule has 0 aromatic heterocycles. The third-order valence-corrected chi connectivity index (χ3v) is 3.15. The molecule has 0 heterocycles. The molecule has 1 saturated carbocycles. The number of carbonyl (C=O) groups excluding carboxylic acids is 2. The molecule has 0 aromatic rings. The van der Waals surface area contributed by atoms with E-state index in [0.29, 0.717) is 0 Å². The summed E-state index contributed by atoms with van der Waals surface area (Å²) in [4.78, 5) is 23.0. The van der Waals surface area contributed by atoms with Crippen molar-refractivity contribution in [2.24, 2.45) is 11.8 Å². The summed E-state index contributed by atoms with van der Waals surface area (Å²) in [6, 6.07) is 0. The maximum atomic E-state index is 11.6. The van der Waals surface area contributed by atoms with E-state index < -0.39 is 23.6 Å². The summed E-state index contributed by atoms with van der Waals surface area (Å²) in [5.41, 5.74) is 0. The number of aliphatic hydroxyl groups excluding tert-OH is 2. The molecule has 100 valence electrons. The van der Waals surface area contributed by atoms with Crippen LogP contribution in [0.3, 0.4) is 0 Å². The van der Waals surface area contributed by atoms with E-state index in [2.05, 4.69) is 6.92 Å². The van der Waals surface area contributed by atoms with Crippen LogP contribution < -0.4 is 0 Å². The number of rotatable bonds is 5. The summed E-state index contributed by atoms with van der Waals surface area (Å²) in [5, 5.41) is 18.5. The largest absolute Gasteiger partial charge is 0.396 e. The van der Waals surface area contributed by atoms with Crippen molar-refractivity contribution in [3.8, 4) is 0 Å². The van der Waals surface area contributed by atoms with Gasteiger partial charge in [0.2, 0.25) is 0 Å². The molecule has 1 unspecified atom stereocenters. The number of ketones is 2. The first-order chi connectivity index (χ1) is 8.61. The first-order valence-electron chi connectivity index (χ1n) is 6.30. The number of unbranched alkanes of at least 4 members (excludes halogenated alkanes) is 1. The molecule has 1 aliphatic carbocycles. The number of carbonyl (C=O) groups is 2. The van der Waals surface area contributed by atoms with Crippen LogP contribution in [0.4, 0.5) is 0 Å². The van der Waals surface area contributed by atoms with Crippen molar-refractivity contribution in [3.05, 3.63) is 24.3 Å². The molecule has 0 spiro atoms. The third-order valence-electron chi connectivity index (χ3n) is 3.15. The van der Waals surface area contributed by atoms with Crippen LogP contribution in [0.5, 0.6) is 0 Å². The molecule has 0 amide bonds. The van der Waals surface area contributed by atoms with Gasteiger partial charge < -0.3 is 10.2 Å². The Bertz CT molecular complexity index is 357. The number of hydrogen-bond acceptors (Lipinski definition) is 4. The van der Waals surface area contributed by atoms with E-state index in [9.17, 15) is 19.8 Å². The standard InChI is InChI=1S/C14H20O4/c1-2-3-4-5-6-7-10-8-12(16)14(18)13(17)11(10)9-15/h4-7,10-11,14-15,18H,2-3,8-9H2,1H3/b5-4?,7-6+/t10-,11?,14-/m1/s1. The Balaban J connectivity index is 2.68. The van der Waals surface area contributed by atoms with Crippen molar-refractivity contribution in [2.75, 3.05) is 6.61 Å². The summed E-state index contributed by atoms with van der Waals surface area (Å²) >= 11 is 0. The molecule has 4 heteroatoms. The van der Waals surface area contributed by atoms with Crippen molar-refractivity contribution < 1.29 is 19.8 Å². The van der Waals surface area contributed by atoms with Crippen LogP contribution in [-0.2, 0) is 9.59 Å². The second-order valence-corrected chi connectivity index (χ2v) is 4.53. The van der Waals surface area contributed by atoms with Crippen molar-refractivity contribution in [1.82, 2.24) is 0 Å². The summed E-state index contributed by atoms with van der Waals surface area (Å²) in [6.45, 7) is 1.74. The molecule has 18 heavy (non-hydrogen) atoms. The summed E-state index contributed by atoms with van der Waals surface area (Å²) < 4.78 is 0. The lowest BCUT2D eigenvalue weighted by Crippen LogP contribution is -2.45. The zero-order chi connectivity index (χ0) is 13.5. The Kier molecular flexibility index (Phi) is 5.95. The Morgan fingerprint density at radius 3 is 2.67 bits per heavy atom. The Morgan fingerprint density at radius 2 is 2.06 bits per heavy atom. The van der Waals surface area contributed by atoms with Gasteiger partial charge in [0.05, 0.1) is 12.5 Å². The van der Waals surface area contributed by atoms with Gasteiger partial charge >= 0.3 is 0 Å². The molecule has 0 aliphatic heterocycles. The summed E-state index contributed by atoms with van der Waals surface area (Å²) in [7, 11) is 0. The lowest BCUT2D eigenvalue weighted by atomic mass is 9.76. The quantitative estimate of drug-likeness (QED) is 0.566. The van der Waals surface area contributed by atoms with E-state index in [4.69, 9.17) is 0 Å². The predicted octanol–water partition coefficient (Wildman–Crippen LogP) is 1.03. The molecule has 4 nitrogen and oxygen atoms in total. The Labute approximate surface area is 107 Å². The first-order valence-corrected chi connectivity index (χ1v) is 6.30. The van der Waals surface area contributed by atoms with Gasteiger partial charge in [0.25, 0.3) is 0 Å². The number of hydrogen-bond donors (Lipinski definition) is 2. The monoisotopic (exact) mass is 252 g/mol. The van der Waals surface area contributed by atoms with Crippen LogP contribution in [0.2, 0.25) is 0 Å². The van der Waals surface area contributed by atoms with E-state index in [1.54, 1.807) is 12.2 Å². The topological polar surface area (TPSA) is 74.6 Å². The van der Waals surface area contributed by atoms with Gasteiger partial charge in [-0.15, -0.1) is 0 Å². The number of aliphatic hydroxyl groups is 2. The fourth-order valence-corrected chi connectivity index (χ4v) is 2.03. The van der Waals surface area contributed by atoms with E-state index >= 15 is 0 Å². The number of allylic oxidation sites excluding steroid dienone is 4. The minimum atomic E-state index is -1.55. The molecular weight excluding hydrogens is 232 g/mol. The lowest BCUT2D eigenvalue weighted by molar-refractivity contribution is -0.147. The lowest BCUT2D eigenvalue weighted by Gasteiger charge is -2.28. The van der Waals surface area contributed by atoms with E-state index in [1.807, 2.05) is 12.2 Å². The normalized spacial score (nSPS) is 29.6. The highest BCUT2D eigenvalue weighted by atomic mass is 16.3. The van der Waals surface area contributed by atoms with Gasteiger partial charge in [0.15, 0.2) is 17.7 Å². The predicted molar refractivity (Wildman–Crippen MR) is 67.9 cm³/mol. The molecule has 1 rings (SSSR count). The summed E-state index contributed by atoms with van der Waals surface area (Å²) in [5.74, 6) is -2.02. The van der Waals surface area contributed by atoms with Crippen LogP contribution in [0.25, 0.3) is 0 Å². The van der Waals surface area contributed by atoms with Crippen LogP contribution in [0.1, 0.15) is 26.2 Å². The van der Waals surface area contributed by atoms with E-state index in [-0.39, 0.29) is 18.9 Å². The van der Waals surface area contributed by atoms with Gasteiger partial charge in [-0.2, -0.15) is 0 Å². The minimum Gasteiger partial charge on any atom is -0.396 e. The zero-order valence-electron chi connectivity index (χ0n) is 10.6. The van der Waals surface area contributed by atoms with Gasteiger partial charge in [0.1, 0.15) is 0 Å². The molecule has 0 radical (unpaired) electrons. The molecule has 2 N–H and O–H groups in total. The van der Waals surface area contributed by atoms with Gasteiger partial charge in [-0.05, 0) is 12.3 Å². The van der Waals surface area contributed by atoms with Gasteiger partial charge in [0, 0.05) is 6.42 Å². The highest BCUT2D eigenvalue weighted by Crippen LogP contribution is 2.26. The van der Waals surface area contributed by atoms with Gasteiger partial charge in [-0.3, -0.25) is 9.59 Å². The maximum Gasteiger partial charge on any atom is 0.174 e. The fraction of sp³-hybridized carbons (Fsp3) is 0.571. The van der Waals surface area contributed by atoms with Crippen LogP contribution >= 0.6 is 0 Å². The molecule has 3 atom stereocenters. The van der Waals surface area contributed by atoms with Crippen LogP contribution in [-0.4, -0.2) is 34.5 Å². The Hall–Kier alpha value is -1.26. The fourth-order valence-electron chi connectivity index (χ4n) is 2.03.